The first kappa shape index (κ1) is 42.0. The molecule has 0 spiro atoms. The molecule has 4 rings (SSSR count). The summed E-state index contributed by atoms with van der Waals surface area (Å²) in [6.45, 7) is 5.76. The number of ketones is 3. The molecule has 51 heavy (non-hydrogen) atoms. The molecule has 0 saturated heterocycles. The Balaban J connectivity index is 0.000000292. The molecule has 4 aromatic carbocycles. The summed E-state index contributed by atoms with van der Waals surface area (Å²) in [4.78, 5) is 34.2. The topological polar surface area (TPSA) is 114 Å². The molecule has 0 saturated carbocycles. The van der Waals surface area contributed by atoms with E-state index in [9.17, 15) is 40.7 Å². The van der Waals surface area contributed by atoms with Crippen molar-refractivity contribution in [3.05, 3.63) is 140 Å². The lowest BCUT2D eigenvalue weighted by Gasteiger charge is -2.04. The summed E-state index contributed by atoms with van der Waals surface area (Å²) in [5.74, 6) is -1.92. The van der Waals surface area contributed by atoms with E-state index in [1.54, 1.807) is 55.5 Å². The van der Waals surface area contributed by atoms with Crippen molar-refractivity contribution in [3.63, 3.8) is 0 Å². The van der Waals surface area contributed by atoms with E-state index in [1.807, 2.05) is 0 Å². The van der Waals surface area contributed by atoms with Gasteiger partial charge in [0, 0.05) is 75.1 Å². The predicted molar refractivity (Wildman–Crippen MR) is 186 cm³/mol. The third kappa shape index (κ3) is 13.6. The molecule has 268 valence electrons. The first-order valence-corrected chi connectivity index (χ1v) is 15.4. The van der Waals surface area contributed by atoms with Gasteiger partial charge >= 0.3 is 0 Å². The predicted octanol–water partition coefficient (Wildman–Crippen LogP) is 9.11. The molecule has 0 amide bonds. The first-order valence-electron chi connectivity index (χ1n) is 14.6. The molecule has 15 heteroatoms. The van der Waals surface area contributed by atoms with Gasteiger partial charge in [-0.1, -0.05) is 23.2 Å². The van der Waals surface area contributed by atoms with E-state index in [1.165, 1.54) is 20.8 Å². The van der Waals surface area contributed by atoms with Crippen LogP contribution in [0.1, 0.15) is 59.5 Å². The minimum Gasteiger partial charge on any atom is -0.323 e. The van der Waals surface area contributed by atoms with Crippen molar-refractivity contribution in [3.8, 4) is 0 Å². The van der Waals surface area contributed by atoms with Crippen molar-refractivity contribution in [1.82, 2.24) is 0 Å². The maximum atomic E-state index is 13.6. The van der Waals surface area contributed by atoms with Crippen molar-refractivity contribution in [2.75, 3.05) is 0 Å². The fraction of sp³-hybridized carbons (Fsp3) is 0.167. The van der Waals surface area contributed by atoms with E-state index in [0.717, 1.165) is 0 Å². The van der Waals surface area contributed by atoms with Crippen LogP contribution in [-0.4, -0.2) is 34.5 Å². The lowest BCUT2D eigenvalue weighted by atomic mass is 10.1. The van der Waals surface area contributed by atoms with Gasteiger partial charge in [-0.2, -0.15) is 15.3 Å². The molecule has 0 aliphatic rings. The molecule has 0 fully saturated rings. The molecule has 4 aromatic rings. The Kier molecular flexibility index (Phi) is 16.4. The first-order chi connectivity index (χ1) is 23.9. The molecule has 0 aliphatic carbocycles. The number of carbonyl (C=O) groups excluding carboxylic acids is 3. The van der Waals surface area contributed by atoms with E-state index < -0.39 is 34.9 Å². The zero-order chi connectivity index (χ0) is 38.4. The number of halogens is 8. The maximum Gasteiger partial charge on any atom is 0.208 e. The largest absolute Gasteiger partial charge is 0.323 e. The van der Waals surface area contributed by atoms with Crippen molar-refractivity contribution < 1.29 is 40.7 Å². The van der Waals surface area contributed by atoms with Crippen LogP contribution in [0, 0.1) is 34.9 Å². The van der Waals surface area contributed by atoms with E-state index >= 15 is 0 Å². The van der Waals surface area contributed by atoms with Crippen LogP contribution in [0.5, 0.6) is 0 Å². The van der Waals surface area contributed by atoms with Gasteiger partial charge in [-0.15, -0.1) is 0 Å². The van der Waals surface area contributed by atoms with Crippen LogP contribution in [0.15, 0.2) is 88.1 Å². The van der Waals surface area contributed by atoms with Gasteiger partial charge in [0.15, 0.2) is 0 Å². The highest BCUT2D eigenvalue weighted by molar-refractivity contribution is 6.45. The Morgan fingerprint density at radius 3 is 1.27 bits per heavy atom. The van der Waals surface area contributed by atoms with Crippen LogP contribution < -0.4 is 5.84 Å². The number of benzene rings is 4. The van der Waals surface area contributed by atoms with Gasteiger partial charge in [0.25, 0.3) is 0 Å². The summed E-state index contributed by atoms with van der Waals surface area (Å²) in [7, 11) is 0. The van der Waals surface area contributed by atoms with Gasteiger partial charge in [-0.05, 0) is 76.2 Å². The summed E-state index contributed by atoms with van der Waals surface area (Å²) in [6, 6.07) is 15.2. The van der Waals surface area contributed by atoms with Crippen molar-refractivity contribution in [1.29, 1.82) is 0 Å². The van der Waals surface area contributed by atoms with E-state index in [4.69, 9.17) is 29.0 Å². The fourth-order valence-electron chi connectivity index (χ4n) is 3.91. The van der Waals surface area contributed by atoms with Crippen LogP contribution in [0.25, 0.3) is 0 Å². The van der Waals surface area contributed by atoms with Crippen LogP contribution in [0.3, 0.4) is 0 Å². The number of Topliss-reactive ketones (excluding diaryl/α,β-unsaturated/α-hetero) is 3. The van der Waals surface area contributed by atoms with Crippen molar-refractivity contribution in [2.45, 2.75) is 40.5 Å². The van der Waals surface area contributed by atoms with Crippen molar-refractivity contribution in [2.24, 2.45) is 21.1 Å². The van der Waals surface area contributed by atoms with Gasteiger partial charge in [-0.25, -0.2) is 26.3 Å². The third-order valence-electron chi connectivity index (χ3n) is 6.50. The van der Waals surface area contributed by atoms with Crippen LogP contribution >= 0.6 is 23.2 Å². The Bertz CT molecular complexity index is 1940. The molecule has 0 bridgehead atoms. The number of nitrogens with zero attached hydrogens (tertiary/aromatic N) is 3. The summed E-state index contributed by atoms with van der Waals surface area (Å²) >= 11 is 11.4. The average Bonchev–Trinajstić information content (AvgIpc) is 3.07. The fourth-order valence-corrected chi connectivity index (χ4v) is 4.16. The van der Waals surface area contributed by atoms with Gasteiger partial charge in [0.05, 0.1) is 0 Å². The summed E-state index contributed by atoms with van der Waals surface area (Å²) in [5, 5.41) is 12.0. The Hall–Kier alpha value is -5.14. The zero-order valence-electron chi connectivity index (χ0n) is 27.5. The molecule has 2 N–H and O–H groups in total. The van der Waals surface area contributed by atoms with Crippen LogP contribution in [0.2, 0.25) is 10.0 Å². The second kappa shape index (κ2) is 19.9. The van der Waals surface area contributed by atoms with Crippen LogP contribution in [0.4, 0.5) is 26.3 Å². The third-order valence-corrected chi connectivity index (χ3v) is 7.01. The number of hydrazone groups is 1. The van der Waals surface area contributed by atoms with E-state index in [-0.39, 0.29) is 58.5 Å². The number of rotatable bonds is 9. The molecule has 0 aromatic heterocycles. The smallest absolute Gasteiger partial charge is 0.208 e. The Morgan fingerprint density at radius 1 is 0.569 bits per heavy atom. The molecule has 7 nitrogen and oxygen atoms in total. The summed E-state index contributed by atoms with van der Waals surface area (Å²) < 4.78 is 78.2. The minimum absolute atomic E-state index is 0.113. The quantitative estimate of drug-likeness (QED) is 0.0604. The lowest BCUT2D eigenvalue weighted by Crippen LogP contribution is -2.12. The second-order valence-electron chi connectivity index (χ2n) is 10.7. The maximum absolute atomic E-state index is 13.6. The highest BCUT2D eigenvalue weighted by Crippen LogP contribution is 2.17. The zero-order valence-corrected chi connectivity index (χ0v) is 29.0. The Labute approximate surface area is 299 Å². The lowest BCUT2D eigenvalue weighted by molar-refractivity contribution is -0.116. The summed E-state index contributed by atoms with van der Waals surface area (Å²) in [5.41, 5.74) is 0.912. The molecular weight excluding hydrogens is 721 g/mol. The Morgan fingerprint density at radius 2 is 0.922 bits per heavy atom. The summed E-state index contributed by atoms with van der Waals surface area (Å²) in [6.07, 6.45) is -0.540. The second-order valence-corrected chi connectivity index (χ2v) is 11.5. The normalized spacial score (nSPS) is 11.6. The average molecular weight is 752 g/mol. The number of hydrogen-bond acceptors (Lipinski definition) is 7. The van der Waals surface area contributed by atoms with Crippen LogP contribution in [-0.2, 0) is 17.6 Å². The molecule has 0 heterocycles. The molecule has 0 unspecified atom stereocenters. The van der Waals surface area contributed by atoms with Gasteiger partial charge in [0.2, 0.25) is 11.6 Å². The number of nitrogens with two attached hydrogens (primary N) is 1. The molecule has 0 atom stereocenters. The molecule has 0 aliphatic heterocycles. The minimum atomic E-state index is -1.02. The number of carbonyl (C=O) groups is 3. The highest BCUT2D eigenvalue weighted by Gasteiger charge is 2.14. The van der Waals surface area contributed by atoms with Crippen molar-refractivity contribution >= 4 is 57.7 Å². The van der Waals surface area contributed by atoms with Gasteiger partial charge in [0.1, 0.15) is 52.1 Å². The van der Waals surface area contributed by atoms with E-state index in [2.05, 4.69) is 15.3 Å². The standard InChI is InChI=1S/C18H14ClF3N2O.C9H9ClN2O.C9H7F3O/c1-10(7-15-16(21)8-14(20)9-17(15)22)23-24-11(2)18(25)12-3-5-13(19)6-4-12;1-6(12-11)9(13)7-2-4-8(10)5-3-7;1-5(13)2-7-8(11)3-6(10)4-9(7)12/h3-6,8-9H,7H2,1-2H3;2-5H,11H2,1H3;3-4H,2H2,1H3/b23-10-,24-11-;12-6-;. The molecule has 0 radical (unpaired) electrons. The molecular formula is C36H30Cl2F6N4O3. The monoisotopic (exact) mass is 750 g/mol. The highest BCUT2D eigenvalue weighted by atomic mass is 35.5. The SMILES string of the molecule is C/C(=N/N)C(=O)c1ccc(Cl)cc1.C/C(Cc1c(F)cc(F)cc1F)=N/N=C(/C)C(=O)c1ccc(Cl)cc1.CC(=O)Cc1c(F)cc(F)cc1F. The number of hydrogen-bond donors (Lipinski definition) is 1. The van der Waals surface area contributed by atoms with Gasteiger partial charge < -0.3 is 5.84 Å². The van der Waals surface area contributed by atoms with E-state index in [0.29, 0.717) is 45.4 Å². The van der Waals surface area contributed by atoms with Gasteiger partial charge in [-0.3, -0.25) is 14.4 Å².